The highest BCUT2D eigenvalue weighted by Crippen LogP contribution is 2.40. The van der Waals surface area contributed by atoms with E-state index in [-0.39, 0.29) is 22.3 Å². The summed E-state index contributed by atoms with van der Waals surface area (Å²) in [5.74, 6) is 6.63. The van der Waals surface area contributed by atoms with Gasteiger partial charge in [0.15, 0.2) is 16.6 Å². The van der Waals surface area contributed by atoms with Gasteiger partial charge in [-0.25, -0.2) is 0 Å². The Balaban J connectivity index is 3.17. The van der Waals surface area contributed by atoms with Crippen LogP contribution in [0.15, 0.2) is 43.0 Å². The molecular formula is C25H42O2Si2. The van der Waals surface area contributed by atoms with Crippen LogP contribution in [0.3, 0.4) is 0 Å². The van der Waals surface area contributed by atoms with Gasteiger partial charge >= 0.3 is 0 Å². The average molecular weight is 431 g/mol. The highest BCUT2D eigenvalue weighted by Gasteiger charge is 2.43. The molecule has 0 unspecified atom stereocenters. The maximum Gasteiger partial charge on any atom is 0.193 e. The van der Waals surface area contributed by atoms with E-state index < -0.39 is 16.6 Å². The zero-order valence-electron chi connectivity index (χ0n) is 20.3. The molecule has 0 heterocycles. The van der Waals surface area contributed by atoms with Gasteiger partial charge in [-0.1, -0.05) is 77.7 Å². The van der Waals surface area contributed by atoms with E-state index in [2.05, 4.69) is 86.2 Å². The van der Waals surface area contributed by atoms with Crippen molar-refractivity contribution < 1.29 is 8.85 Å². The van der Waals surface area contributed by atoms with Gasteiger partial charge in [0, 0.05) is 12.0 Å². The molecule has 162 valence electrons. The molecule has 0 amide bonds. The molecule has 0 aromatic heterocycles. The quantitative estimate of drug-likeness (QED) is 0.255. The topological polar surface area (TPSA) is 18.5 Å². The first kappa shape index (κ1) is 25.9. The summed E-state index contributed by atoms with van der Waals surface area (Å²) in [6.45, 7) is 26.8. The summed E-state index contributed by atoms with van der Waals surface area (Å²) in [5, 5.41) is 0.256. The smallest absolute Gasteiger partial charge is 0.193 e. The maximum absolute atomic E-state index is 6.81. The van der Waals surface area contributed by atoms with Gasteiger partial charge in [0.05, 0.1) is 12.2 Å². The molecule has 0 bridgehead atoms. The van der Waals surface area contributed by atoms with Crippen LogP contribution in [0.25, 0.3) is 0 Å². The summed E-state index contributed by atoms with van der Waals surface area (Å²) in [7, 11) is -3.94. The van der Waals surface area contributed by atoms with E-state index in [9.17, 15) is 0 Å². The number of benzene rings is 1. The Morgan fingerprint density at radius 3 is 1.83 bits per heavy atom. The van der Waals surface area contributed by atoms with Crippen LogP contribution in [0.2, 0.25) is 36.3 Å². The van der Waals surface area contributed by atoms with Crippen molar-refractivity contribution >= 4 is 16.6 Å². The van der Waals surface area contributed by atoms with Crippen molar-refractivity contribution in [1.82, 2.24) is 0 Å². The van der Waals surface area contributed by atoms with Crippen molar-refractivity contribution in [3.63, 3.8) is 0 Å². The van der Waals surface area contributed by atoms with E-state index in [1.54, 1.807) is 0 Å². The minimum absolute atomic E-state index is 0.112. The van der Waals surface area contributed by atoms with Gasteiger partial charge < -0.3 is 8.85 Å². The Labute approximate surface area is 182 Å². The van der Waals surface area contributed by atoms with Gasteiger partial charge in [-0.3, -0.25) is 0 Å². The zero-order valence-corrected chi connectivity index (χ0v) is 22.3. The van der Waals surface area contributed by atoms with Crippen molar-refractivity contribution in [3.05, 3.63) is 48.6 Å². The van der Waals surface area contributed by atoms with Crippen LogP contribution in [-0.4, -0.2) is 28.8 Å². The molecular weight excluding hydrogens is 388 g/mol. The van der Waals surface area contributed by atoms with E-state index in [1.165, 1.54) is 0 Å². The summed E-state index contributed by atoms with van der Waals surface area (Å²) in [5.41, 5.74) is 1.03. The van der Waals surface area contributed by atoms with Crippen LogP contribution in [-0.2, 0) is 8.85 Å². The second-order valence-electron chi connectivity index (χ2n) is 10.9. The summed E-state index contributed by atoms with van der Waals surface area (Å²) in [6.07, 6.45) is 2.28. The normalized spacial score (nSPS) is 15.2. The molecule has 2 atom stereocenters. The first-order valence-electron chi connectivity index (χ1n) is 10.6. The molecule has 0 aliphatic rings. The maximum atomic E-state index is 6.81. The van der Waals surface area contributed by atoms with E-state index in [1.807, 2.05) is 36.4 Å². The van der Waals surface area contributed by atoms with Crippen molar-refractivity contribution in [2.75, 3.05) is 0 Å². The summed E-state index contributed by atoms with van der Waals surface area (Å²) >= 11 is 0. The molecule has 0 fully saturated rings. The van der Waals surface area contributed by atoms with Crippen LogP contribution in [0.5, 0.6) is 0 Å². The van der Waals surface area contributed by atoms with Crippen LogP contribution in [0, 0.1) is 11.8 Å². The zero-order chi connectivity index (χ0) is 22.5. The van der Waals surface area contributed by atoms with E-state index in [0.717, 1.165) is 5.56 Å². The molecule has 0 aliphatic carbocycles. The first-order valence-corrected chi connectivity index (χ1v) is 16.4. The van der Waals surface area contributed by atoms with Gasteiger partial charge in [0.25, 0.3) is 0 Å². The van der Waals surface area contributed by atoms with Gasteiger partial charge in [-0.05, 0) is 48.4 Å². The molecule has 0 saturated heterocycles. The van der Waals surface area contributed by atoms with Crippen LogP contribution in [0.1, 0.15) is 53.5 Å². The van der Waals surface area contributed by atoms with Crippen LogP contribution in [0.4, 0.5) is 0 Å². The number of rotatable bonds is 7. The SMILES string of the molecule is C=C[C@H](O[Si](C)(C)C(C)(C)C)[C@H](CC#Cc1ccccc1)O[Si](C)(C)C(C)(C)C. The summed E-state index contributed by atoms with van der Waals surface area (Å²) in [6, 6.07) is 10.1. The van der Waals surface area contributed by atoms with Crippen molar-refractivity contribution in [2.24, 2.45) is 0 Å². The Morgan fingerprint density at radius 1 is 0.897 bits per heavy atom. The summed E-state index contributed by atoms with van der Waals surface area (Å²) in [4.78, 5) is 0. The minimum atomic E-state index is -1.98. The molecule has 1 rings (SSSR count). The highest BCUT2D eigenvalue weighted by molar-refractivity contribution is 6.74. The lowest BCUT2D eigenvalue weighted by Crippen LogP contribution is -2.51. The molecule has 1 aromatic carbocycles. The molecule has 4 heteroatoms. The standard InChI is InChI=1S/C25H42O2Si2/c1-12-22(26-28(8,9)24(2,3)4)23(27-29(10,11)25(5,6)7)20-16-19-21-17-14-13-15-18-21/h12-15,17-18,22-23H,1,20H2,2-11H3/t22-,23-/m0/s1. The molecule has 2 nitrogen and oxygen atoms in total. The average Bonchev–Trinajstić information content (AvgIpc) is 2.57. The third kappa shape index (κ3) is 7.57. The Hall–Kier alpha value is -1.13. The largest absolute Gasteiger partial charge is 0.410 e. The van der Waals surface area contributed by atoms with Crippen molar-refractivity contribution in [3.8, 4) is 11.8 Å². The lowest BCUT2D eigenvalue weighted by atomic mass is 10.1. The predicted molar refractivity (Wildman–Crippen MR) is 132 cm³/mol. The first-order chi connectivity index (χ1) is 13.1. The molecule has 0 N–H and O–H groups in total. The van der Waals surface area contributed by atoms with Crippen LogP contribution < -0.4 is 0 Å². The van der Waals surface area contributed by atoms with Gasteiger partial charge in [0.1, 0.15) is 0 Å². The van der Waals surface area contributed by atoms with E-state index >= 15 is 0 Å². The number of hydrogen-bond acceptors (Lipinski definition) is 2. The minimum Gasteiger partial charge on any atom is -0.410 e. The van der Waals surface area contributed by atoms with Gasteiger partial charge in [0.2, 0.25) is 0 Å². The van der Waals surface area contributed by atoms with Gasteiger partial charge in [-0.2, -0.15) is 0 Å². The third-order valence-corrected chi connectivity index (χ3v) is 15.4. The lowest BCUT2D eigenvalue weighted by molar-refractivity contribution is 0.0670. The van der Waals surface area contributed by atoms with E-state index in [4.69, 9.17) is 8.85 Å². The second kappa shape index (κ2) is 9.79. The predicted octanol–water partition coefficient (Wildman–Crippen LogP) is 7.40. The van der Waals surface area contributed by atoms with Crippen LogP contribution >= 0.6 is 0 Å². The Morgan fingerprint density at radius 2 is 1.38 bits per heavy atom. The molecule has 0 spiro atoms. The fraction of sp³-hybridized carbons (Fsp3) is 0.600. The lowest BCUT2D eigenvalue weighted by Gasteiger charge is -2.44. The van der Waals surface area contributed by atoms with Gasteiger partial charge in [-0.15, -0.1) is 6.58 Å². The van der Waals surface area contributed by atoms with Crippen molar-refractivity contribution in [1.29, 1.82) is 0 Å². The van der Waals surface area contributed by atoms with E-state index in [0.29, 0.717) is 6.42 Å². The monoisotopic (exact) mass is 430 g/mol. The molecule has 0 saturated carbocycles. The third-order valence-electron chi connectivity index (χ3n) is 6.40. The summed E-state index contributed by atoms with van der Waals surface area (Å²) < 4.78 is 13.5. The fourth-order valence-electron chi connectivity index (χ4n) is 2.35. The molecule has 0 radical (unpaired) electrons. The molecule has 1 aromatic rings. The Bertz CT molecular complexity index is 713. The van der Waals surface area contributed by atoms with Crippen molar-refractivity contribution in [2.45, 2.75) is 96.4 Å². The second-order valence-corrected chi connectivity index (χ2v) is 20.4. The fourth-order valence-corrected chi connectivity index (χ4v) is 4.96. The molecule has 29 heavy (non-hydrogen) atoms. The highest BCUT2D eigenvalue weighted by atomic mass is 28.4. The molecule has 0 aliphatic heterocycles. The Kier molecular flexibility index (Phi) is 8.74. The number of hydrogen-bond donors (Lipinski definition) is 0.